The van der Waals surface area contributed by atoms with E-state index < -0.39 is 0 Å². The number of ether oxygens (including phenoxy) is 2. The molecule has 0 radical (unpaired) electrons. The fourth-order valence-corrected chi connectivity index (χ4v) is 2.91. The van der Waals surface area contributed by atoms with Crippen molar-refractivity contribution in [1.29, 1.82) is 0 Å². The third-order valence-electron chi connectivity index (χ3n) is 4.11. The first kappa shape index (κ1) is 14.3. The van der Waals surface area contributed by atoms with Crippen molar-refractivity contribution in [3.8, 4) is 5.88 Å². The van der Waals surface area contributed by atoms with Gasteiger partial charge in [0, 0.05) is 30.3 Å². The summed E-state index contributed by atoms with van der Waals surface area (Å²) in [7, 11) is 0. The van der Waals surface area contributed by atoms with Crippen LogP contribution in [0.4, 0.5) is 0 Å². The molecule has 1 saturated heterocycles. The number of carbonyl (C=O) groups excluding carboxylic acids is 1. The number of hydrogen-bond donors (Lipinski definition) is 1. The molecule has 1 aliphatic carbocycles. The predicted octanol–water partition coefficient (Wildman–Crippen LogP) is 2.31. The lowest BCUT2D eigenvalue weighted by molar-refractivity contribution is 0.0926. The van der Waals surface area contributed by atoms with Gasteiger partial charge in [0.15, 0.2) is 0 Å². The van der Waals surface area contributed by atoms with E-state index in [1.165, 1.54) is 19.3 Å². The summed E-state index contributed by atoms with van der Waals surface area (Å²) in [6, 6.07) is 3.76. The van der Waals surface area contributed by atoms with Crippen molar-refractivity contribution < 1.29 is 14.3 Å². The summed E-state index contributed by atoms with van der Waals surface area (Å²) in [5, 5.41) is 3.11. The largest absolute Gasteiger partial charge is 0.472 e. The Labute approximate surface area is 125 Å². The number of nitrogens with zero attached hydrogens (tertiary/aromatic N) is 1. The summed E-state index contributed by atoms with van der Waals surface area (Å²) in [5.74, 6) is 0.471. The van der Waals surface area contributed by atoms with E-state index in [2.05, 4.69) is 10.3 Å². The smallest absolute Gasteiger partial charge is 0.251 e. The van der Waals surface area contributed by atoms with Crippen molar-refractivity contribution >= 4 is 5.91 Å². The Hall–Kier alpha value is -1.62. The van der Waals surface area contributed by atoms with Crippen LogP contribution in [0.15, 0.2) is 18.3 Å². The van der Waals surface area contributed by atoms with Crippen LogP contribution < -0.4 is 10.1 Å². The van der Waals surface area contributed by atoms with E-state index in [-0.39, 0.29) is 12.0 Å². The van der Waals surface area contributed by atoms with Crippen molar-refractivity contribution in [2.75, 3.05) is 13.2 Å². The first-order valence-electron chi connectivity index (χ1n) is 7.82. The molecule has 1 saturated carbocycles. The first-order valence-corrected chi connectivity index (χ1v) is 7.82. The van der Waals surface area contributed by atoms with Gasteiger partial charge in [0.2, 0.25) is 5.88 Å². The van der Waals surface area contributed by atoms with Crippen LogP contribution in [-0.4, -0.2) is 36.3 Å². The molecule has 1 atom stereocenters. The summed E-state index contributed by atoms with van der Waals surface area (Å²) in [4.78, 5) is 16.5. The fourth-order valence-electron chi connectivity index (χ4n) is 2.91. The van der Waals surface area contributed by atoms with Gasteiger partial charge < -0.3 is 14.8 Å². The highest BCUT2D eigenvalue weighted by Gasteiger charge is 2.20. The third-order valence-corrected chi connectivity index (χ3v) is 4.11. The molecule has 1 aromatic heterocycles. The summed E-state index contributed by atoms with van der Waals surface area (Å²) in [6.45, 7) is 1.33. The summed E-state index contributed by atoms with van der Waals surface area (Å²) in [5.41, 5.74) is 0.615. The monoisotopic (exact) mass is 290 g/mol. The number of aromatic nitrogens is 1. The normalized spacial score (nSPS) is 23.0. The molecule has 2 aliphatic rings. The Bertz CT molecular complexity index is 480. The van der Waals surface area contributed by atoms with Gasteiger partial charge in [-0.05, 0) is 18.9 Å². The molecule has 1 aliphatic heterocycles. The molecule has 1 unspecified atom stereocenters. The Morgan fingerprint density at radius 1 is 1.29 bits per heavy atom. The van der Waals surface area contributed by atoms with Crippen LogP contribution in [0.1, 0.15) is 48.9 Å². The lowest BCUT2D eigenvalue weighted by Crippen LogP contribution is -2.36. The van der Waals surface area contributed by atoms with Gasteiger partial charge in [0.05, 0.1) is 13.2 Å². The number of nitrogens with one attached hydrogen (secondary N) is 1. The zero-order chi connectivity index (χ0) is 14.5. The van der Waals surface area contributed by atoms with E-state index in [0.717, 1.165) is 25.9 Å². The lowest BCUT2D eigenvalue weighted by atomic mass is 9.95. The standard InChI is InChI=1S/C16H22N2O3/c19-16(18-13-4-2-1-3-5-13)12-6-8-17-15(10-12)21-14-7-9-20-11-14/h6,8,10,13-14H,1-5,7,9,11H2,(H,18,19). The van der Waals surface area contributed by atoms with E-state index in [1.807, 2.05) is 0 Å². The maximum Gasteiger partial charge on any atom is 0.251 e. The predicted molar refractivity (Wildman–Crippen MR) is 78.4 cm³/mol. The Morgan fingerprint density at radius 3 is 2.90 bits per heavy atom. The first-order chi connectivity index (χ1) is 10.3. The maximum atomic E-state index is 12.3. The molecule has 2 fully saturated rings. The molecular formula is C16H22N2O3. The van der Waals surface area contributed by atoms with Crippen LogP contribution in [-0.2, 0) is 4.74 Å². The second-order valence-electron chi connectivity index (χ2n) is 5.79. The van der Waals surface area contributed by atoms with Gasteiger partial charge in [0.1, 0.15) is 6.10 Å². The van der Waals surface area contributed by atoms with Crippen molar-refractivity contribution in [3.05, 3.63) is 23.9 Å². The molecule has 5 nitrogen and oxygen atoms in total. The second-order valence-corrected chi connectivity index (χ2v) is 5.79. The van der Waals surface area contributed by atoms with Gasteiger partial charge in [-0.15, -0.1) is 0 Å². The molecule has 0 bridgehead atoms. The van der Waals surface area contributed by atoms with E-state index in [9.17, 15) is 4.79 Å². The minimum atomic E-state index is -0.0307. The highest BCUT2D eigenvalue weighted by Crippen LogP contribution is 2.19. The van der Waals surface area contributed by atoms with Crippen LogP contribution in [0.2, 0.25) is 0 Å². The molecule has 1 N–H and O–H groups in total. The summed E-state index contributed by atoms with van der Waals surface area (Å²) in [6.07, 6.45) is 8.41. The van der Waals surface area contributed by atoms with E-state index in [0.29, 0.717) is 24.1 Å². The molecule has 0 aromatic carbocycles. The maximum absolute atomic E-state index is 12.3. The average molecular weight is 290 g/mol. The Morgan fingerprint density at radius 2 is 2.14 bits per heavy atom. The average Bonchev–Trinajstić information content (AvgIpc) is 3.01. The minimum Gasteiger partial charge on any atom is -0.472 e. The molecule has 3 rings (SSSR count). The zero-order valence-corrected chi connectivity index (χ0v) is 12.2. The molecule has 5 heteroatoms. The topological polar surface area (TPSA) is 60.5 Å². The zero-order valence-electron chi connectivity index (χ0n) is 12.2. The fraction of sp³-hybridized carbons (Fsp3) is 0.625. The van der Waals surface area contributed by atoms with Gasteiger partial charge in [-0.25, -0.2) is 4.98 Å². The molecule has 1 aromatic rings. The van der Waals surface area contributed by atoms with Crippen molar-refractivity contribution in [2.45, 2.75) is 50.7 Å². The minimum absolute atomic E-state index is 0.0307. The third kappa shape index (κ3) is 3.94. The van der Waals surface area contributed by atoms with Crippen LogP contribution in [0.5, 0.6) is 5.88 Å². The van der Waals surface area contributed by atoms with E-state index in [4.69, 9.17) is 9.47 Å². The van der Waals surface area contributed by atoms with Crippen LogP contribution in [0.25, 0.3) is 0 Å². The van der Waals surface area contributed by atoms with Crippen LogP contribution >= 0.6 is 0 Å². The Balaban J connectivity index is 1.59. The van der Waals surface area contributed by atoms with Gasteiger partial charge >= 0.3 is 0 Å². The van der Waals surface area contributed by atoms with Crippen molar-refractivity contribution in [1.82, 2.24) is 10.3 Å². The number of carbonyl (C=O) groups is 1. The van der Waals surface area contributed by atoms with E-state index in [1.54, 1.807) is 18.3 Å². The number of amides is 1. The van der Waals surface area contributed by atoms with Crippen LogP contribution in [0, 0.1) is 0 Å². The summed E-state index contributed by atoms with van der Waals surface area (Å²) < 4.78 is 11.0. The summed E-state index contributed by atoms with van der Waals surface area (Å²) >= 11 is 0. The number of hydrogen-bond acceptors (Lipinski definition) is 4. The van der Waals surface area contributed by atoms with Gasteiger partial charge in [-0.3, -0.25) is 4.79 Å². The molecule has 21 heavy (non-hydrogen) atoms. The highest BCUT2D eigenvalue weighted by atomic mass is 16.5. The SMILES string of the molecule is O=C(NC1CCCCC1)c1ccnc(OC2CCOC2)c1. The number of pyridine rings is 1. The molecule has 2 heterocycles. The van der Waals surface area contributed by atoms with E-state index >= 15 is 0 Å². The molecular weight excluding hydrogens is 268 g/mol. The van der Waals surface area contributed by atoms with Gasteiger partial charge in [-0.1, -0.05) is 19.3 Å². The van der Waals surface area contributed by atoms with Gasteiger partial charge in [-0.2, -0.15) is 0 Å². The number of rotatable bonds is 4. The quantitative estimate of drug-likeness (QED) is 0.924. The lowest BCUT2D eigenvalue weighted by Gasteiger charge is -2.22. The molecule has 1 amide bonds. The Kier molecular flexibility index (Phi) is 4.70. The van der Waals surface area contributed by atoms with Crippen LogP contribution in [0.3, 0.4) is 0 Å². The van der Waals surface area contributed by atoms with Crippen molar-refractivity contribution in [2.24, 2.45) is 0 Å². The second kappa shape index (κ2) is 6.89. The molecule has 0 spiro atoms. The highest BCUT2D eigenvalue weighted by molar-refractivity contribution is 5.94. The van der Waals surface area contributed by atoms with Crippen molar-refractivity contribution in [3.63, 3.8) is 0 Å². The van der Waals surface area contributed by atoms with Gasteiger partial charge in [0.25, 0.3) is 5.91 Å². The molecule has 114 valence electrons.